The number of hydrogen-bond acceptors (Lipinski definition) is 2. The molecule has 1 aliphatic carbocycles. The van der Waals surface area contributed by atoms with Crippen molar-refractivity contribution in [1.29, 1.82) is 0 Å². The predicted molar refractivity (Wildman–Crippen MR) is 79.7 cm³/mol. The lowest BCUT2D eigenvalue weighted by Gasteiger charge is -2.25. The maximum atomic E-state index is 6.19. The third kappa shape index (κ3) is 4.11. The van der Waals surface area contributed by atoms with Crippen molar-refractivity contribution in [2.45, 2.75) is 31.1 Å². The van der Waals surface area contributed by atoms with Crippen molar-refractivity contribution >= 4 is 49.3 Å². The first-order valence-electron chi connectivity index (χ1n) is 5.84. The smallest absolute Gasteiger partial charge is 0.140 e. The number of anilines is 1. The van der Waals surface area contributed by atoms with Gasteiger partial charge in [-0.15, -0.1) is 11.6 Å². The van der Waals surface area contributed by atoms with E-state index in [1.165, 1.54) is 12.8 Å². The average Bonchev–Trinajstić information content (AvgIpc) is 2.28. The second-order valence-corrected chi connectivity index (χ2v) is 6.88. The minimum absolute atomic E-state index is 0.358. The lowest BCUT2D eigenvalue weighted by molar-refractivity contribution is 0.378. The van der Waals surface area contributed by atoms with Gasteiger partial charge in [-0.25, -0.2) is 4.98 Å². The van der Waals surface area contributed by atoms with Gasteiger partial charge in [-0.3, -0.25) is 0 Å². The van der Waals surface area contributed by atoms with Crippen LogP contribution in [0.1, 0.15) is 25.7 Å². The van der Waals surface area contributed by atoms with E-state index in [-0.39, 0.29) is 0 Å². The Hall–Kier alpha value is 0.200. The van der Waals surface area contributed by atoms with Gasteiger partial charge < -0.3 is 5.32 Å². The number of hydrogen-bond donors (Lipinski definition) is 1. The number of nitrogens with one attached hydrogen (secondary N) is 1. The molecule has 1 saturated carbocycles. The topological polar surface area (TPSA) is 24.9 Å². The van der Waals surface area contributed by atoms with Crippen molar-refractivity contribution < 1.29 is 0 Å². The highest BCUT2D eigenvalue weighted by atomic mass is 79.9. The maximum Gasteiger partial charge on any atom is 0.140 e. The zero-order valence-electron chi connectivity index (χ0n) is 9.43. The zero-order valence-corrected chi connectivity index (χ0v) is 13.4. The van der Waals surface area contributed by atoms with Crippen molar-refractivity contribution in [2.75, 3.05) is 11.9 Å². The highest BCUT2D eigenvalue weighted by molar-refractivity contribution is 9.11. The van der Waals surface area contributed by atoms with Crippen LogP contribution in [0, 0.1) is 5.92 Å². The number of rotatable bonds is 3. The molecule has 2 nitrogen and oxygen atoms in total. The lowest BCUT2D eigenvalue weighted by atomic mass is 9.89. The summed E-state index contributed by atoms with van der Waals surface area (Å²) >= 11 is 13.1. The second kappa shape index (κ2) is 6.39. The SMILES string of the molecule is ClC1CCCC(CNc2ncc(Br)cc2Br)C1. The summed E-state index contributed by atoms with van der Waals surface area (Å²) in [7, 11) is 0. The summed E-state index contributed by atoms with van der Waals surface area (Å²) < 4.78 is 1.97. The van der Waals surface area contributed by atoms with Crippen molar-refractivity contribution in [2.24, 2.45) is 5.92 Å². The van der Waals surface area contributed by atoms with Crippen molar-refractivity contribution in [3.8, 4) is 0 Å². The molecule has 0 spiro atoms. The quantitative estimate of drug-likeness (QED) is 0.759. The van der Waals surface area contributed by atoms with Gasteiger partial charge in [0.15, 0.2) is 0 Å². The molecule has 0 aromatic carbocycles. The second-order valence-electron chi connectivity index (χ2n) is 4.49. The van der Waals surface area contributed by atoms with Crippen LogP contribution in [0.2, 0.25) is 0 Å². The van der Waals surface area contributed by atoms with E-state index in [0.29, 0.717) is 11.3 Å². The van der Waals surface area contributed by atoms with E-state index in [1.54, 1.807) is 6.20 Å². The number of pyridine rings is 1. The molecular formula is C12H15Br2ClN2. The summed E-state index contributed by atoms with van der Waals surface area (Å²) in [5.41, 5.74) is 0. The van der Waals surface area contributed by atoms with Gasteiger partial charge in [0.05, 0.1) is 4.47 Å². The first kappa shape index (κ1) is 13.6. The molecule has 94 valence electrons. The largest absolute Gasteiger partial charge is 0.369 e. The molecule has 1 heterocycles. The molecule has 1 aromatic heterocycles. The molecule has 5 heteroatoms. The molecule has 0 bridgehead atoms. The standard InChI is InChI=1S/C12H15Br2ClN2/c13-9-5-11(14)12(17-7-9)16-6-8-2-1-3-10(15)4-8/h5,7-8,10H,1-4,6H2,(H,16,17). The molecule has 2 rings (SSSR count). The Balaban J connectivity index is 1.88. The van der Waals surface area contributed by atoms with Gasteiger partial charge >= 0.3 is 0 Å². The normalized spacial score (nSPS) is 24.6. The maximum absolute atomic E-state index is 6.19. The van der Waals surface area contributed by atoms with E-state index in [2.05, 4.69) is 42.2 Å². The fraction of sp³-hybridized carbons (Fsp3) is 0.583. The minimum atomic E-state index is 0.358. The first-order valence-corrected chi connectivity index (χ1v) is 7.86. The highest BCUT2D eigenvalue weighted by Crippen LogP contribution is 2.29. The number of halogens is 3. The summed E-state index contributed by atoms with van der Waals surface area (Å²) in [6, 6.07) is 2.00. The van der Waals surface area contributed by atoms with Crippen LogP contribution >= 0.6 is 43.5 Å². The molecule has 0 amide bonds. The fourth-order valence-electron chi connectivity index (χ4n) is 2.20. The van der Waals surface area contributed by atoms with Crippen LogP contribution < -0.4 is 5.32 Å². The Morgan fingerprint density at radius 2 is 2.24 bits per heavy atom. The molecule has 17 heavy (non-hydrogen) atoms. The third-order valence-electron chi connectivity index (χ3n) is 3.08. The van der Waals surface area contributed by atoms with Crippen LogP contribution in [0.5, 0.6) is 0 Å². The van der Waals surface area contributed by atoms with Crippen LogP contribution in [0.15, 0.2) is 21.2 Å². The van der Waals surface area contributed by atoms with Gasteiger partial charge in [0.1, 0.15) is 5.82 Å². The van der Waals surface area contributed by atoms with Gasteiger partial charge in [-0.1, -0.05) is 6.42 Å². The van der Waals surface area contributed by atoms with E-state index >= 15 is 0 Å². The molecule has 1 fully saturated rings. The Morgan fingerprint density at radius 3 is 2.94 bits per heavy atom. The van der Waals surface area contributed by atoms with Gasteiger partial charge in [0, 0.05) is 22.6 Å². The van der Waals surface area contributed by atoms with E-state index in [4.69, 9.17) is 11.6 Å². The van der Waals surface area contributed by atoms with Crippen LogP contribution in [0.3, 0.4) is 0 Å². The molecule has 1 N–H and O–H groups in total. The Kier molecular flexibility index (Phi) is 5.12. The molecular weight excluding hydrogens is 367 g/mol. The monoisotopic (exact) mass is 380 g/mol. The van der Waals surface area contributed by atoms with Gasteiger partial charge in [0.25, 0.3) is 0 Å². The van der Waals surface area contributed by atoms with Crippen molar-refractivity contribution in [3.05, 3.63) is 21.2 Å². The zero-order chi connectivity index (χ0) is 12.3. The number of nitrogens with zero attached hydrogens (tertiary/aromatic N) is 1. The Bertz CT molecular complexity index is 387. The molecule has 2 atom stereocenters. The van der Waals surface area contributed by atoms with Gasteiger partial charge in [-0.05, 0) is 63.1 Å². The summed E-state index contributed by atoms with van der Waals surface area (Å²) in [6.07, 6.45) is 6.60. The minimum Gasteiger partial charge on any atom is -0.369 e. The van der Waals surface area contributed by atoms with E-state index in [1.807, 2.05) is 6.07 Å². The lowest BCUT2D eigenvalue weighted by Crippen LogP contribution is -2.22. The van der Waals surface area contributed by atoms with E-state index < -0.39 is 0 Å². The van der Waals surface area contributed by atoms with Gasteiger partial charge in [-0.2, -0.15) is 0 Å². The van der Waals surface area contributed by atoms with E-state index in [9.17, 15) is 0 Å². The molecule has 0 radical (unpaired) electrons. The fourth-order valence-corrected chi connectivity index (χ4v) is 3.73. The summed E-state index contributed by atoms with van der Waals surface area (Å²) in [5.74, 6) is 1.58. The van der Waals surface area contributed by atoms with E-state index in [0.717, 1.165) is 34.1 Å². The molecule has 2 unspecified atom stereocenters. The summed E-state index contributed by atoms with van der Waals surface area (Å²) in [4.78, 5) is 4.34. The molecule has 0 aliphatic heterocycles. The highest BCUT2D eigenvalue weighted by Gasteiger charge is 2.20. The summed E-state index contributed by atoms with van der Waals surface area (Å²) in [6.45, 7) is 0.955. The van der Waals surface area contributed by atoms with Crippen LogP contribution in [0.25, 0.3) is 0 Å². The molecule has 0 saturated heterocycles. The summed E-state index contributed by atoms with van der Waals surface area (Å²) in [5, 5.41) is 3.75. The number of alkyl halides is 1. The van der Waals surface area contributed by atoms with Gasteiger partial charge in [0.2, 0.25) is 0 Å². The van der Waals surface area contributed by atoms with Crippen LogP contribution in [-0.2, 0) is 0 Å². The Labute approximate surface area is 124 Å². The third-order valence-corrected chi connectivity index (χ3v) is 4.52. The van der Waals surface area contributed by atoms with Crippen molar-refractivity contribution in [1.82, 2.24) is 4.98 Å². The molecule has 1 aromatic rings. The van der Waals surface area contributed by atoms with Crippen LogP contribution in [-0.4, -0.2) is 16.9 Å². The first-order chi connectivity index (χ1) is 8.15. The molecule has 1 aliphatic rings. The van der Waals surface area contributed by atoms with Crippen LogP contribution in [0.4, 0.5) is 5.82 Å². The predicted octanol–water partition coefficient (Wildman–Crippen LogP) is 4.82. The Morgan fingerprint density at radius 1 is 1.41 bits per heavy atom. The average molecular weight is 383 g/mol. The number of aromatic nitrogens is 1. The van der Waals surface area contributed by atoms with Crippen molar-refractivity contribution in [3.63, 3.8) is 0 Å².